The molecule has 1 aromatic carbocycles. The van der Waals surface area contributed by atoms with E-state index < -0.39 is 0 Å². The first-order valence-corrected chi connectivity index (χ1v) is 5.06. The largest absolute Gasteiger partial charge is 0.124 e. The van der Waals surface area contributed by atoms with Crippen LogP contribution in [0, 0.1) is 0 Å². The normalized spacial score (nSPS) is 15.3. The highest BCUT2D eigenvalue weighted by Crippen LogP contribution is 2.36. The summed E-state index contributed by atoms with van der Waals surface area (Å²) < 4.78 is 1.26. The lowest BCUT2D eigenvalue weighted by Crippen LogP contribution is -1.78. The highest BCUT2D eigenvalue weighted by atomic mass is 79.9. The van der Waals surface area contributed by atoms with Gasteiger partial charge in [0.25, 0.3) is 0 Å². The van der Waals surface area contributed by atoms with Gasteiger partial charge in [-0.2, -0.15) is 0 Å². The molecule has 0 saturated heterocycles. The Hall–Kier alpha value is 0.0500. The molecule has 0 N–H and O–H groups in total. The summed E-state index contributed by atoms with van der Waals surface area (Å²) in [6, 6.07) is 6.42. The van der Waals surface area contributed by atoms with Crippen LogP contribution in [0.4, 0.5) is 0 Å². The Morgan fingerprint density at radius 3 is 3.10 bits per heavy atom. The molecule has 1 aliphatic rings. The van der Waals surface area contributed by atoms with Gasteiger partial charge in [0.2, 0.25) is 0 Å². The number of rotatable bonds is 0. The number of fused-ring (bicyclic) bond motifs is 1. The van der Waals surface area contributed by atoms with Gasteiger partial charge in [0.15, 0.2) is 0 Å². The van der Waals surface area contributed by atoms with Crippen molar-refractivity contribution in [3.63, 3.8) is 0 Å². The van der Waals surface area contributed by atoms with Gasteiger partial charge < -0.3 is 0 Å². The van der Waals surface area contributed by atoms with E-state index in [4.69, 9.17) is 0 Å². The number of halogens is 1. The first-order valence-electron chi connectivity index (χ1n) is 3.28. The Labute approximate surface area is 73.1 Å². The molecular formula is C8H7BrS. The van der Waals surface area contributed by atoms with Crippen LogP contribution in [0.2, 0.25) is 0 Å². The van der Waals surface area contributed by atoms with E-state index in [-0.39, 0.29) is 0 Å². The van der Waals surface area contributed by atoms with Crippen molar-refractivity contribution in [1.29, 1.82) is 0 Å². The number of hydrogen-bond donors (Lipinski definition) is 0. The molecule has 10 heavy (non-hydrogen) atoms. The van der Waals surface area contributed by atoms with Gasteiger partial charge >= 0.3 is 0 Å². The van der Waals surface area contributed by atoms with Crippen LogP contribution in [0.15, 0.2) is 27.6 Å². The van der Waals surface area contributed by atoms with E-state index in [0.717, 1.165) is 0 Å². The fraction of sp³-hybridized carbons (Fsp3) is 0.250. The SMILES string of the molecule is Brc1cccc2c1SCC2. The molecule has 0 aromatic heterocycles. The maximum atomic E-state index is 3.53. The van der Waals surface area contributed by atoms with Crippen LogP contribution in [0.1, 0.15) is 5.56 Å². The number of hydrogen-bond acceptors (Lipinski definition) is 1. The zero-order valence-corrected chi connectivity index (χ0v) is 7.83. The molecule has 0 spiro atoms. The van der Waals surface area contributed by atoms with E-state index in [1.165, 1.54) is 27.1 Å². The molecule has 0 nitrogen and oxygen atoms in total. The van der Waals surface area contributed by atoms with E-state index in [2.05, 4.69) is 34.1 Å². The number of aryl methyl sites for hydroxylation is 1. The van der Waals surface area contributed by atoms with E-state index in [1.807, 2.05) is 11.8 Å². The molecule has 0 radical (unpaired) electrons. The van der Waals surface area contributed by atoms with Gasteiger partial charge in [-0.25, -0.2) is 0 Å². The van der Waals surface area contributed by atoms with Crippen LogP contribution in [-0.2, 0) is 6.42 Å². The summed E-state index contributed by atoms with van der Waals surface area (Å²) in [4.78, 5) is 1.45. The topological polar surface area (TPSA) is 0 Å². The van der Waals surface area contributed by atoms with Crippen molar-refractivity contribution in [2.75, 3.05) is 5.75 Å². The third kappa shape index (κ3) is 0.995. The minimum absolute atomic E-state index is 1.24. The molecule has 52 valence electrons. The predicted octanol–water partition coefficient (Wildman–Crippen LogP) is 3.10. The second-order valence-electron chi connectivity index (χ2n) is 2.33. The summed E-state index contributed by atoms with van der Waals surface area (Å²) >= 11 is 5.47. The first-order chi connectivity index (χ1) is 4.88. The smallest absolute Gasteiger partial charge is 0.0314 e. The van der Waals surface area contributed by atoms with Crippen molar-refractivity contribution in [1.82, 2.24) is 0 Å². The summed E-state index contributed by atoms with van der Waals surface area (Å²) in [6.07, 6.45) is 1.24. The minimum Gasteiger partial charge on any atom is -0.124 e. The molecule has 1 heterocycles. The van der Waals surface area contributed by atoms with Crippen LogP contribution in [0.5, 0.6) is 0 Å². The Balaban J connectivity index is 2.59. The van der Waals surface area contributed by atoms with Crippen LogP contribution >= 0.6 is 27.7 Å². The van der Waals surface area contributed by atoms with E-state index in [9.17, 15) is 0 Å². The van der Waals surface area contributed by atoms with E-state index in [0.29, 0.717) is 0 Å². The van der Waals surface area contributed by atoms with Crippen LogP contribution < -0.4 is 0 Å². The van der Waals surface area contributed by atoms with E-state index in [1.54, 1.807) is 0 Å². The lowest BCUT2D eigenvalue weighted by atomic mass is 10.2. The maximum absolute atomic E-state index is 3.53. The standard InChI is InChI=1S/C8H7BrS/c9-7-3-1-2-6-4-5-10-8(6)7/h1-3H,4-5H2. The van der Waals surface area contributed by atoms with Gasteiger partial charge in [0.1, 0.15) is 0 Å². The molecule has 0 bridgehead atoms. The monoisotopic (exact) mass is 214 g/mol. The van der Waals surface area contributed by atoms with Crippen molar-refractivity contribution in [3.8, 4) is 0 Å². The molecule has 0 aliphatic carbocycles. The molecule has 0 atom stereocenters. The van der Waals surface area contributed by atoms with Gasteiger partial charge in [0.05, 0.1) is 0 Å². The van der Waals surface area contributed by atoms with Crippen LogP contribution in [0.3, 0.4) is 0 Å². The number of thioether (sulfide) groups is 1. The average molecular weight is 215 g/mol. The Kier molecular flexibility index (Phi) is 1.75. The summed E-state index contributed by atoms with van der Waals surface area (Å²) in [5, 5.41) is 0. The minimum atomic E-state index is 1.24. The molecule has 0 saturated carbocycles. The van der Waals surface area contributed by atoms with Crippen molar-refractivity contribution in [2.24, 2.45) is 0 Å². The number of benzene rings is 1. The predicted molar refractivity (Wildman–Crippen MR) is 48.6 cm³/mol. The van der Waals surface area contributed by atoms with Crippen molar-refractivity contribution >= 4 is 27.7 Å². The lowest BCUT2D eigenvalue weighted by molar-refractivity contribution is 1.14. The molecule has 2 rings (SSSR count). The third-order valence-electron chi connectivity index (χ3n) is 1.67. The fourth-order valence-corrected chi connectivity index (χ4v) is 3.01. The highest BCUT2D eigenvalue weighted by Gasteiger charge is 2.12. The Bertz CT molecular complexity index is 257. The summed E-state index contributed by atoms with van der Waals surface area (Å²) in [5.74, 6) is 1.25. The van der Waals surface area contributed by atoms with E-state index >= 15 is 0 Å². The second kappa shape index (κ2) is 2.59. The quantitative estimate of drug-likeness (QED) is 0.640. The van der Waals surface area contributed by atoms with Gasteiger partial charge in [0, 0.05) is 15.1 Å². The van der Waals surface area contributed by atoms with Gasteiger partial charge in [-0.05, 0) is 34.0 Å². The van der Waals surface area contributed by atoms with Gasteiger partial charge in [-0.1, -0.05) is 12.1 Å². The molecular weight excluding hydrogens is 208 g/mol. The summed E-state index contributed by atoms with van der Waals surface area (Å²) in [5.41, 5.74) is 1.50. The van der Waals surface area contributed by atoms with Crippen LogP contribution in [-0.4, -0.2) is 5.75 Å². The molecule has 0 fully saturated rings. The average Bonchev–Trinajstić information content (AvgIpc) is 2.36. The zero-order chi connectivity index (χ0) is 6.97. The third-order valence-corrected chi connectivity index (χ3v) is 3.77. The Morgan fingerprint density at radius 1 is 1.40 bits per heavy atom. The van der Waals surface area contributed by atoms with Gasteiger partial charge in [-0.3, -0.25) is 0 Å². The van der Waals surface area contributed by atoms with Crippen LogP contribution in [0.25, 0.3) is 0 Å². The summed E-state index contributed by atoms with van der Waals surface area (Å²) in [6.45, 7) is 0. The molecule has 0 unspecified atom stereocenters. The molecule has 1 aromatic rings. The second-order valence-corrected chi connectivity index (χ2v) is 4.29. The molecule has 0 amide bonds. The highest BCUT2D eigenvalue weighted by molar-refractivity contribution is 9.10. The van der Waals surface area contributed by atoms with Crippen molar-refractivity contribution in [2.45, 2.75) is 11.3 Å². The zero-order valence-electron chi connectivity index (χ0n) is 5.43. The molecule has 1 aliphatic heterocycles. The first kappa shape index (κ1) is 6.74. The van der Waals surface area contributed by atoms with Crippen molar-refractivity contribution < 1.29 is 0 Å². The fourth-order valence-electron chi connectivity index (χ4n) is 1.18. The molecule has 2 heteroatoms. The van der Waals surface area contributed by atoms with Crippen molar-refractivity contribution in [3.05, 3.63) is 28.2 Å². The Morgan fingerprint density at radius 2 is 2.30 bits per heavy atom. The van der Waals surface area contributed by atoms with Gasteiger partial charge in [-0.15, -0.1) is 11.8 Å². The summed E-state index contributed by atoms with van der Waals surface area (Å²) in [7, 11) is 0. The maximum Gasteiger partial charge on any atom is 0.0314 e. The lowest BCUT2D eigenvalue weighted by Gasteiger charge is -1.98.